The number of benzene rings is 8. The molecule has 12 rings (SSSR count). The fourth-order valence-electron chi connectivity index (χ4n) is 9.71. The minimum absolute atomic E-state index is 0.484. The SMILES string of the molecule is N#Cc1ccc(-c2cccc(-c3nc(-c4ccccc4)nc(-c4ccc(-c5nc6c(c7ccccc57)C5(c7ccccc7-c7ccccc75)c5ccccc5-6)cc4)n3)c2)cc1. The van der Waals surface area contributed by atoms with Gasteiger partial charge in [-0.1, -0.05) is 182 Å². The van der Waals surface area contributed by atoms with Gasteiger partial charge < -0.3 is 0 Å². The third-order valence-corrected chi connectivity index (χ3v) is 12.4. The number of fused-ring (bicyclic) bond motifs is 12. The summed E-state index contributed by atoms with van der Waals surface area (Å²) in [5.74, 6) is 1.76. The number of rotatable bonds is 5. The first-order valence-electron chi connectivity index (χ1n) is 20.4. The van der Waals surface area contributed by atoms with E-state index in [1.165, 1.54) is 44.3 Å². The van der Waals surface area contributed by atoms with Crippen LogP contribution in [0.15, 0.2) is 200 Å². The van der Waals surface area contributed by atoms with Crippen molar-refractivity contribution in [1.82, 2.24) is 19.9 Å². The quantitative estimate of drug-likeness (QED) is 0.174. The van der Waals surface area contributed by atoms with Gasteiger partial charge in [0.05, 0.1) is 28.4 Å². The second-order valence-electron chi connectivity index (χ2n) is 15.6. The summed E-state index contributed by atoms with van der Waals surface area (Å²) < 4.78 is 0. The maximum Gasteiger partial charge on any atom is 0.164 e. The van der Waals surface area contributed by atoms with Crippen LogP contribution in [0.4, 0.5) is 0 Å². The Bertz CT molecular complexity index is 3370. The van der Waals surface area contributed by atoms with Gasteiger partial charge in [-0.05, 0) is 62.5 Å². The second-order valence-corrected chi connectivity index (χ2v) is 15.6. The van der Waals surface area contributed by atoms with Gasteiger partial charge in [0.15, 0.2) is 17.5 Å². The Morgan fingerprint density at radius 1 is 0.344 bits per heavy atom. The molecule has 0 radical (unpaired) electrons. The van der Waals surface area contributed by atoms with Crippen molar-refractivity contribution in [2.75, 3.05) is 0 Å². The van der Waals surface area contributed by atoms with Crippen LogP contribution in [0.1, 0.15) is 27.8 Å². The van der Waals surface area contributed by atoms with E-state index in [4.69, 9.17) is 19.9 Å². The van der Waals surface area contributed by atoms with Crippen LogP contribution in [0.5, 0.6) is 0 Å². The molecule has 0 saturated carbocycles. The van der Waals surface area contributed by atoms with Gasteiger partial charge >= 0.3 is 0 Å². The Morgan fingerprint density at radius 2 is 0.820 bits per heavy atom. The number of hydrogen-bond donors (Lipinski definition) is 0. The molecule has 0 amide bonds. The van der Waals surface area contributed by atoms with Gasteiger partial charge in [0.1, 0.15) is 0 Å². The van der Waals surface area contributed by atoms with Crippen molar-refractivity contribution in [2.45, 2.75) is 5.41 Å². The highest BCUT2D eigenvalue weighted by Crippen LogP contribution is 2.64. The van der Waals surface area contributed by atoms with Crippen molar-refractivity contribution >= 4 is 10.8 Å². The standard InChI is InChI=1S/C56H33N5/c57-34-35-25-27-36(28-26-35)40-15-12-16-41(33-40)55-60-53(38-13-2-1-3-14-38)59-54(61-55)39-31-29-37(30-32-39)51-45-20-5-4-19-44(45)50-52(58-51)46-21-8-11-24-49(46)56(50)47-22-9-6-17-42(47)43-18-7-10-23-48(43)56/h1-33H. The minimum atomic E-state index is -0.484. The van der Waals surface area contributed by atoms with E-state index in [1.807, 2.05) is 66.7 Å². The summed E-state index contributed by atoms with van der Waals surface area (Å²) in [4.78, 5) is 20.8. The van der Waals surface area contributed by atoms with Crippen LogP contribution in [-0.4, -0.2) is 19.9 Å². The molecule has 1 spiro atoms. The molecule has 0 atom stereocenters. The molecule has 2 aliphatic carbocycles. The monoisotopic (exact) mass is 775 g/mol. The number of nitrogens with zero attached hydrogens (tertiary/aromatic N) is 5. The smallest absolute Gasteiger partial charge is 0.164 e. The molecule has 0 saturated heterocycles. The molecule has 8 aromatic carbocycles. The Morgan fingerprint density at radius 3 is 1.48 bits per heavy atom. The Labute approximate surface area is 353 Å². The van der Waals surface area contributed by atoms with Crippen LogP contribution in [-0.2, 0) is 5.41 Å². The molecule has 5 heteroatoms. The molecule has 0 bridgehead atoms. The molecule has 0 aliphatic heterocycles. The van der Waals surface area contributed by atoms with E-state index in [0.29, 0.717) is 23.0 Å². The summed E-state index contributed by atoms with van der Waals surface area (Å²) in [5, 5.41) is 11.6. The van der Waals surface area contributed by atoms with Crippen molar-refractivity contribution in [2.24, 2.45) is 0 Å². The fraction of sp³-hybridized carbons (Fsp3) is 0.0179. The summed E-state index contributed by atoms with van der Waals surface area (Å²) >= 11 is 0. The van der Waals surface area contributed by atoms with E-state index in [1.54, 1.807) is 0 Å². The van der Waals surface area contributed by atoms with Crippen LogP contribution >= 0.6 is 0 Å². The largest absolute Gasteiger partial charge is 0.247 e. The molecule has 0 fully saturated rings. The fourth-order valence-corrected chi connectivity index (χ4v) is 9.71. The van der Waals surface area contributed by atoms with Crippen molar-refractivity contribution in [1.29, 1.82) is 5.26 Å². The first kappa shape index (κ1) is 34.7. The van der Waals surface area contributed by atoms with Gasteiger partial charge in [0.25, 0.3) is 0 Å². The van der Waals surface area contributed by atoms with E-state index in [9.17, 15) is 5.26 Å². The number of aromatic nitrogens is 4. The lowest BCUT2D eigenvalue weighted by molar-refractivity contribution is 0.799. The number of nitriles is 1. The van der Waals surface area contributed by atoms with Crippen molar-refractivity contribution in [3.05, 3.63) is 228 Å². The Kier molecular flexibility index (Phi) is 7.75. The van der Waals surface area contributed by atoms with Gasteiger partial charge in [-0.2, -0.15) is 5.26 Å². The minimum Gasteiger partial charge on any atom is -0.247 e. The normalized spacial score (nSPS) is 12.7. The zero-order valence-electron chi connectivity index (χ0n) is 32.8. The third kappa shape index (κ3) is 5.26. The third-order valence-electron chi connectivity index (χ3n) is 12.4. The Hall–Kier alpha value is -8.33. The van der Waals surface area contributed by atoms with Gasteiger partial charge in [-0.15, -0.1) is 0 Å². The van der Waals surface area contributed by atoms with Crippen molar-refractivity contribution in [3.8, 4) is 85.0 Å². The van der Waals surface area contributed by atoms with Gasteiger partial charge in [0.2, 0.25) is 0 Å². The molecular formula is C56H33N5. The molecule has 61 heavy (non-hydrogen) atoms. The number of pyridine rings is 1. The summed E-state index contributed by atoms with van der Waals surface area (Å²) in [6.07, 6.45) is 0. The first-order chi connectivity index (χ1) is 30.2. The lowest BCUT2D eigenvalue weighted by Crippen LogP contribution is -2.26. The van der Waals surface area contributed by atoms with E-state index < -0.39 is 5.41 Å². The highest BCUT2D eigenvalue weighted by atomic mass is 15.0. The summed E-state index contributed by atoms with van der Waals surface area (Å²) in [7, 11) is 0. The molecule has 0 N–H and O–H groups in total. The first-order valence-corrected chi connectivity index (χ1v) is 20.4. The van der Waals surface area contributed by atoms with Crippen LogP contribution in [0.2, 0.25) is 0 Å². The summed E-state index contributed by atoms with van der Waals surface area (Å²) in [5.41, 5.74) is 16.7. The van der Waals surface area contributed by atoms with Crippen molar-refractivity contribution < 1.29 is 0 Å². The van der Waals surface area contributed by atoms with Crippen LogP contribution < -0.4 is 0 Å². The summed E-state index contributed by atoms with van der Waals surface area (Å²) in [6.45, 7) is 0. The summed E-state index contributed by atoms with van der Waals surface area (Å²) in [6, 6.07) is 71.9. The molecule has 282 valence electrons. The molecule has 2 aromatic heterocycles. The molecule has 10 aromatic rings. The zero-order chi connectivity index (χ0) is 40.5. The molecule has 5 nitrogen and oxygen atoms in total. The lowest BCUT2D eigenvalue weighted by Gasteiger charge is -2.31. The van der Waals surface area contributed by atoms with E-state index in [2.05, 4.69) is 140 Å². The topological polar surface area (TPSA) is 75.3 Å². The van der Waals surface area contributed by atoms with Gasteiger partial charge in [-0.3, -0.25) is 0 Å². The van der Waals surface area contributed by atoms with Gasteiger partial charge in [0, 0.05) is 38.8 Å². The van der Waals surface area contributed by atoms with Crippen LogP contribution in [0.25, 0.3) is 89.7 Å². The maximum absolute atomic E-state index is 9.33. The average Bonchev–Trinajstić information content (AvgIpc) is 3.81. The van der Waals surface area contributed by atoms with Crippen LogP contribution in [0.3, 0.4) is 0 Å². The molecule has 0 unspecified atom stereocenters. The zero-order valence-corrected chi connectivity index (χ0v) is 32.8. The van der Waals surface area contributed by atoms with E-state index in [-0.39, 0.29) is 0 Å². The molecular weight excluding hydrogens is 743 g/mol. The maximum atomic E-state index is 9.33. The Balaban J connectivity index is 1.00. The lowest BCUT2D eigenvalue weighted by atomic mass is 9.69. The molecule has 2 aliphatic rings. The van der Waals surface area contributed by atoms with E-state index in [0.717, 1.165) is 50.2 Å². The van der Waals surface area contributed by atoms with Gasteiger partial charge in [-0.25, -0.2) is 19.9 Å². The highest BCUT2D eigenvalue weighted by molar-refractivity contribution is 6.06. The number of hydrogen-bond acceptors (Lipinski definition) is 5. The van der Waals surface area contributed by atoms with Crippen molar-refractivity contribution in [3.63, 3.8) is 0 Å². The molecule has 2 heterocycles. The van der Waals surface area contributed by atoms with E-state index >= 15 is 0 Å². The van der Waals surface area contributed by atoms with Crippen LogP contribution in [0, 0.1) is 11.3 Å². The predicted octanol–water partition coefficient (Wildman–Crippen LogP) is 13.0. The second kappa shape index (κ2) is 13.6. The average molecular weight is 776 g/mol. The highest BCUT2D eigenvalue weighted by Gasteiger charge is 2.53. The predicted molar refractivity (Wildman–Crippen MR) is 243 cm³/mol.